The van der Waals surface area contributed by atoms with Gasteiger partial charge in [0, 0.05) is 37.7 Å². The van der Waals surface area contributed by atoms with Gasteiger partial charge in [0.2, 0.25) is 5.91 Å². The summed E-state index contributed by atoms with van der Waals surface area (Å²) in [6, 6.07) is 7.93. The van der Waals surface area contributed by atoms with Crippen molar-refractivity contribution >= 4 is 11.8 Å². The molecule has 25 heavy (non-hydrogen) atoms. The first-order chi connectivity index (χ1) is 12.1. The summed E-state index contributed by atoms with van der Waals surface area (Å²) >= 11 is 0. The van der Waals surface area contributed by atoms with Crippen LogP contribution in [-0.2, 0) is 4.79 Å². The molecule has 4 nitrogen and oxygen atoms in total. The topological polar surface area (TPSA) is 40.6 Å². The molecule has 0 unspecified atom stereocenters. The van der Waals surface area contributed by atoms with Gasteiger partial charge in [0.15, 0.2) is 0 Å². The van der Waals surface area contributed by atoms with Crippen LogP contribution < -0.4 is 0 Å². The van der Waals surface area contributed by atoms with Gasteiger partial charge in [-0.05, 0) is 42.9 Å². The fraction of sp³-hybridized carbons (Fsp3) is 0.524. The van der Waals surface area contributed by atoms with Gasteiger partial charge in [-0.1, -0.05) is 38.1 Å². The van der Waals surface area contributed by atoms with E-state index in [0.717, 1.165) is 37.9 Å². The summed E-state index contributed by atoms with van der Waals surface area (Å²) in [5, 5.41) is 0. The second kappa shape index (κ2) is 7.85. The minimum absolute atomic E-state index is 0.0827. The highest BCUT2D eigenvalue weighted by atomic mass is 16.2. The van der Waals surface area contributed by atoms with Crippen molar-refractivity contribution in [2.24, 2.45) is 5.92 Å². The SMILES string of the molecule is CC(C)c1cccc(C(=O)N2CCCN(C(=O)C3CC=CC3)CC2)c1. The zero-order chi connectivity index (χ0) is 17.8. The van der Waals surface area contributed by atoms with E-state index < -0.39 is 0 Å². The number of benzene rings is 1. The Bertz CT molecular complexity index is 658. The quantitative estimate of drug-likeness (QED) is 0.791. The van der Waals surface area contributed by atoms with Gasteiger partial charge in [0.05, 0.1) is 0 Å². The lowest BCUT2D eigenvalue weighted by Crippen LogP contribution is -2.39. The normalized spacial score (nSPS) is 18.7. The first-order valence-electron chi connectivity index (χ1n) is 9.39. The third-order valence-electron chi connectivity index (χ3n) is 5.25. The molecule has 1 aliphatic heterocycles. The highest BCUT2D eigenvalue weighted by molar-refractivity contribution is 5.94. The summed E-state index contributed by atoms with van der Waals surface area (Å²) in [6.45, 7) is 7.01. The summed E-state index contributed by atoms with van der Waals surface area (Å²) in [6.07, 6.45) is 6.76. The van der Waals surface area contributed by atoms with Gasteiger partial charge >= 0.3 is 0 Å². The molecule has 1 fully saturated rings. The molecule has 1 heterocycles. The lowest BCUT2D eigenvalue weighted by Gasteiger charge is -2.24. The van der Waals surface area contributed by atoms with Crippen LogP contribution in [0.5, 0.6) is 0 Å². The molecule has 3 rings (SSSR count). The Hall–Kier alpha value is -2.10. The molecule has 134 valence electrons. The van der Waals surface area contributed by atoms with E-state index >= 15 is 0 Å². The molecule has 0 N–H and O–H groups in total. The van der Waals surface area contributed by atoms with E-state index in [1.165, 1.54) is 5.56 Å². The molecule has 1 saturated heterocycles. The molecular weight excluding hydrogens is 312 g/mol. The third kappa shape index (κ3) is 4.12. The molecule has 0 spiro atoms. The predicted molar refractivity (Wildman–Crippen MR) is 99.5 cm³/mol. The molecule has 4 heteroatoms. The molecule has 0 radical (unpaired) electrons. The number of carbonyl (C=O) groups is 2. The average molecular weight is 340 g/mol. The largest absolute Gasteiger partial charge is 0.341 e. The van der Waals surface area contributed by atoms with Gasteiger partial charge in [0.25, 0.3) is 5.91 Å². The van der Waals surface area contributed by atoms with E-state index in [4.69, 9.17) is 0 Å². The maximum atomic E-state index is 12.9. The number of hydrogen-bond donors (Lipinski definition) is 0. The maximum Gasteiger partial charge on any atom is 0.253 e. The summed E-state index contributed by atoms with van der Waals surface area (Å²) in [7, 11) is 0. The standard InChI is InChI=1S/C21H28N2O2/c1-16(2)18-9-5-10-19(15-18)21(25)23-12-6-11-22(13-14-23)20(24)17-7-3-4-8-17/h3-5,9-10,15-17H,6-8,11-14H2,1-2H3. The second-order valence-corrected chi connectivity index (χ2v) is 7.39. The molecule has 1 aromatic rings. The number of carbonyl (C=O) groups excluding carboxylic acids is 2. The minimum atomic E-state index is 0.0827. The lowest BCUT2D eigenvalue weighted by atomic mass is 10.0. The Kier molecular flexibility index (Phi) is 5.57. The van der Waals surface area contributed by atoms with E-state index in [1.807, 2.05) is 28.0 Å². The van der Waals surface area contributed by atoms with E-state index in [-0.39, 0.29) is 17.7 Å². The van der Waals surface area contributed by atoms with Gasteiger partial charge in [-0.25, -0.2) is 0 Å². The lowest BCUT2D eigenvalue weighted by molar-refractivity contribution is -0.135. The van der Waals surface area contributed by atoms with Crippen LogP contribution in [0.1, 0.15) is 54.9 Å². The Labute approximate surface area is 150 Å². The summed E-state index contributed by atoms with van der Waals surface area (Å²) in [4.78, 5) is 29.3. The molecule has 2 aliphatic rings. The fourth-order valence-electron chi connectivity index (χ4n) is 3.63. The monoisotopic (exact) mass is 340 g/mol. The number of nitrogens with zero attached hydrogens (tertiary/aromatic N) is 2. The smallest absolute Gasteiger partial charge is 0.253 e. The van der Waals surface area contributed by atoms with Crippen molar-refractivity contribution in [2.75, 3.05) is 26.2 Å². The first-order valence-corrected chi connectivity index (χ1v) is 9.39. The van der Waals surface area contributed by atoms with Crippen LogP contribution in [-0.4, -0.2) is 47.8 Å². The van der Waals surface area contributed by atoms with Gasteiger partial charge < -0.3 is 9.80 Å². The average Bonchev–Trinajstić information content (AvgIpc) is 3.05. The highest BCUT2D eigenvalue weighted by Gasteiger charge is 2.27. The molecule has 1 aliphatic carbocycles. The first kappa shape index (κ1) is 17.7. The van der Waals surface area contributed by atoms with Crippen LogP contribution in [0.2, 0.25) is 0 Å². The molecule has 0 aromatic heterocycles. The summed E-state index contributed by atoms with van der Waals surface area (Å²) in [5.74, 6) is 0.857. The van der Waals surface area contributed by atoms with E-state index in [1.54, 1.807) is 0 Å². The number of allylic oxidation sites excluding steroid dienone is 2. The molecule has 0 atom stereocenters. The number of amides is 2. The van der Waals surface area contributed by atoms with Crippen LogP contribution in [0.25, 0.3) is 0 Å². The van der Waals surface area contributed by atoms with Crippen molar-refractivity contribution in [3.8, 4) is 0 Å². The van der Waals surface area contributed by atoms with E-state index in [9.17, 15) is 9.59 Å². The number of rotatable bonds is 3. The molecule has 2 amide bonds. The van der Waals surface area contributed by atoms with E-state index in [2.05, 4.69) is 32.1 Å². The van der Waals surface area contributed by atoms with Crippen molar-refractivity contribution in [3.05, 3.63) is 47.5 Å². The fourth-order valence-corrected chi connectivity index (χ4v) is 3.63. The van der Waals surface area contributed by atoms with Crippen molar-refractivity contribution < 1.29 is 9.59 Å². The molecule has 0 saturated carbocycles. The van der Waals surface area contributed by atoms with Crippen molar-refractivity contribution in [1.82, 2.24) is 9.80 Å². The molecular formula is C21H28N2O2. The van der Waals surface area contributed by atoms with Gasteiger partial charge in [0.1, 0.15) is 0 Å². The van der Waals surface area contributed by atoms with Crippen LogP contribution in [0.15, 0.2) is 36.4 Å². The van der Waals surface area contributed by atoms with Crippen LogP contribution in [0.3, 0.4) is 0 Å². The third-order valence-corrected chi connectivity index (χ3v) is 5.25. The van der Waals surface area contributed by atoms with Gasteiger partial charge in [-0.15, -0.1) is 0 Å². The van der Waals surface area contributed by atoms with Crippen LogP contribution >= 0.6 is 0 Å². The van der Waals surface area contributed by atoms with Crippen molar-refractivity contribution in [1.29, 1.82) is 0 Å². The Balaban J connectivity index is 1.63. The van der Waals surface area contributed by atoms with Gasteiger partial charge in [-0.2, -0.15) is 0 Å². The van der Waals surface area contributed by atoms with Crippen molar-refractivity contribution in [2.45, 2.75) is 39.0 Å². The molecule has 1 aromatic carbocycles. The second-order valence-electron chi connectivity index (χ2n) is 7.39. The number of hydrogen-bond acceptors (Lipinski definition) is 2. The van der Waals surface area contributed by atoms with Crippen LogP contribution in [0.4, 0.5) is 0 Å². The minimum Gasteiger partial charge on any atom is -0.341 e. The Morgan fingerprint density at radius 1 is 1.00 bits per heavy atom. The van der Waals surface area contributed by atoms with E-state index in [0.29, 0.717) is 19.0 Å². The summed E-state index contributed by atoms with van der Waals surface area (Å²) < 4.78 is 0. The van der Waals surface area contributed by atoms with Crippen LogP contribution in [0, 0.1) is 5.92 Å². The summed E-state index contributed by atoms with van der Waals surface area (Å²) in [5.41, 5.74) is 1.94. The van der Waals surface area contributed by atoms with Gasteiger partial charge in [-0.3, -0.25) is 9.59 Å². The zero-order valence-corrected chi connectivity index (χ0v) is 15.3. The molecule has 0 bridgehead atoms. The Morgan fingerprint density at radius 2 is 1.68 bits per heavy atom. The maximum absolute atomic E-state index is 12.9. The zero-order valence-electron chi connectivity index (χ0n) is 15.3. The highest BCUT2D eigenvalue weighted by Crippen LogP contribution is 2.22. The Morgan fingerprint density at radius 3 is 2.40 bits per heavy atom. The van der Waals surface area contributed by atoms with Crippen molar-refractivity contribution in [3.63, 3.8) is 0 Å². The predicted octanol–water partition coefficient (Wildman–Crippen LogP) is 3.45.